The number of rotatable bonds is 5. The maximum atomic E-state index is 5.39. The second kappa shape index (κ2) is 7.36. The molecule has 0 atom stereocenters. The zero-order valence-corrected chi connectivity index (χ0v) is 13.9. The van der Waals surface area contributed by atoms with E-state index in [9.17, 15) is 0 Å². The molecule has 0 amide bonds. The molecule has 1 aliphatic heterocycles. The number of morpholine rings is 1. The summed E-state index contributed by atoms with van der Waals surface area (Å²) < 4.78 is 10.7. The molecule has 1 aromatic heterocycles. The molecule has 2 heterocycles. The summed E-state index contributed by atoms with van der Waals surface area (Å²) in [5.74, 6) is 1.18. The Hall–Kier alpha value is -2.86. The number of nitrogens with zero attached hydrogens (tertiary/aromatic N) is 3. The van der Waals surface area contributed by atoms with Gasteiger partial charge in [0.25, 0.3) is 0 Å². The van der Waals surface area contributed by atoms with E-state index in [1.807, 2.05) is 42.5 Å². The SMILES string of the molecule is c1ccc(NCc2nc(-c3ccc(N4CCOCC4)cc3)no2)cc1. The fourth-order valence-corrected chi connectivity index (χ4v) is 2.82. The van der Waals surface area contributed by atoms with Crippen molar-refractivity contribution in [2.45, 2.75) is 6.54 Å². The standard InChI is InChI=1S/C19H20N4O2/c1-2-4-16(5-3-1)20-14-18-21-19(22-25-18)15-6-8-17(9-7-15)23-10-12-24-13-11-23/h1-9,20H,10-14H2. The fraction of sp³-hybridized carbons (Fsp3) is 0.263. The van der Waals surface area contributed by atoms with Gasteiger partial charge in [-0.2, -0.15) is 4.98 Å². The lowest BCUT2D eigenvalue weighted by Gasteiger charge is -2.28. The molecular weight excluding hydrogens is 316 g/mol. The molecule has 1 aliphatic rings. The predicted octanol–water partition coefficient (Wildman–Crippen LogP) is 3.19. The number of anilines is 2. The van der Waals surface area contributed by atoms with Crippen LogP contribution in [0.3, 0.4) is 0 Å². The van der Waals surface area contributed by atoms with Gasteiger partial charge >= 0.3 is 0 Å². The normalized spacial score (nSPS) is 14.5. The quantitative estimate of drug-likeness (QED) is 0.772. The molecule has 1 saturated heterocycles. The van der Waals surface area contributed by atoms with Gasteiger partial charge in [0.2, 0.25) is 11.7 Å². The maximum absolute atomic E-state index is 5.39. The lowest BCUT2D eigenvalue weighted by atomic mass is 10.2. The summed E-state index contributed by atoms with van der Waals surface area (Å²) in [6, 6.07) is 18.2. The highest BCUT2D eigenvalue weighted by Gasteiger charge is 2.12. The van der Waals surface area contributed by atoms with E-state index < -0.39 is 0 Å². The van der Waals surface area contributed by atoms with Crippen LogP contribution < -0.4 is 10.2 Å². The Bertz CT molecular complexity index is 796. The van der Waals surface area contributed by atoms with E-state index in [0.717, 1.165) is 37.6 Å². The molecular formula is C19H20N4O2. The molecule has 0 aliphatic carbocycles. The van der Waals surface area contributed by atoms with Gasteiger partial charge in [-0.05, 0) is 36.4 Å². The van der Waals surface area contributed by atoms with Gasteiger partial charge in [0, 0.05) is 30.0 Å². The minimum absolute atomic E-state index is 0.503. The lowest BCUT2D eigenvalue weighted by Crippen LogP contribution is -2.36. The highest BCUT2D eigenvalue weighted by molar-refractivity contribution is 5.60. The third-order valence-electron chi connectivity index (χ3n) is 4.19. The Labute approximate surface area is 146 Å². The Kier molecular flexibility index (Phi) is 4.61. The predicted molar refractivity (Wildman–Crippen MR) is 96.5 cm³/mol. The minimum Gasteiger partial charge on any atom is -0.378 e. The summed E-state index contributed by atoms with van der Waals surface area (Å²) >= 11 is 0. The van der Waals surface area contributed by atoms with Gasteiger partial charge in [-0.25, -0.2) is 0 Å². The van der Waals surface area contributed by atoms with E-state index in [1.165, 1.54) is 5.69 Å². The first kappa shape index (κ1) is 15.7. The van der Waals surface area contributed by atoms with Crippen molar-refractivity contribution in [3.8, 4) is 11.4 Å². The van der Waals surface area contributed by atoms with Crippen molar-refractivity contribution in [1.82, 2.24) is 10.1 Å². The van der Waals surface area contributed by atoms with Crippen molar-refractivity contribution in [3.05, 3.63) is 60.5 Å². The zero-order valence-electron chi connectivity index (χ0n) is 13.9. The minimum atomic E-state index is 0.503. The van der Waals surface area contributed by atoms with Gasteiger partial charge in [-0.3, -0.25) is 0 Å². The Morgan fingerprint density at radius 1 is 0.960 bits per heavy atom. The summed E-state index contributed by atoms with van der Waals surface area (Å²) in [5, 5.41) is 7.34. The molecule has 1 fully saturated rings. The van der Waals surface area contributed by atoms with Gasteiger partial charge in [-0.1, -0.05) is 23.4 Å². The van der Waals surface area contributed by atoms with E-state index in [0.29, 0.717) is 18.3 Å². The Morgan fingerprint density at radius 3 is 2.48 bits per heavy atom. The van der Waals surface area contributed by atoms with Gasteiger partial charge in [0.05, 0.1) is 19.8 Å². The van der Waals surface area contributed by atoms with Crippen LogP contribution in [0.5, 0.6) is 0 Å². The summed E-state index contributed by atoms with van der Waals surface area (Å²) in [4.78, 5) is 6.78. The molecule has 1 N–H and O–H groups in total. The molecule has 0 bridgehead atoms. The molecule has 6 heteroatoms. The molecule has 0 saturated carbocycles. The lowest BCUT2D eigenvalue weighted by molar-refractivity contribution is 0.122. The van der Waals surface area contributed by atoms with Crippen LogP contribution in [0, 0.1) is 0 Å². The second-order valence-corrected chi connectivity index (χ2v) is 5.88. The molecule has 128 valence electrons. The monoisotopic (exact) mass is 336 g/mol. The van der Waals surface area contributed by atoms with Gasteiger partial charge in [-0.15, -0.1) is 0 Å². The first-order valence-electron chi connectivity index (χ1n) is 8.43. The van der Waals surface area contributed by atoms with Gasteiger partial charge in [0.15, 0.2) is 0 Å². The second-order valence-electron chi connectivity index (χ2n) is 5.88. The number of hydrogen-bond acceptors (Lipinski definition) is 6. The number of ether oxygens (including phenoxy) is 1. The van der Waals surface area contributed by atoms with Gasteiger partial charge in [0.1, 0.15) is 0 Å². The first-order valence-corrected chi connectivity index (χ1v) is 8.43. The van der Waals surface area contributed by atoms with Crippen LogP contribution in [0.2, 0.25) is 0 Å². The van der Waals surface area contributed by atoms with E-state index in [2.05, 4.69) is 32.5 Å². The molecule has 25 heavy (non-hydrogen) atoms. The average molecular weight is 336 g/mol. The number of para-hydroxylation sites is 1. The van der Waals surface area contributed by atoms with E-state index in [-0.39, 0.29) is 0 Å². The van der Waals surface area contributed by atoms with Crippen molar-refractivity contribution in [2.24, 2.45) is 0 Å². The third-order valence-corrected chi connectivity index (χ3v) is 4.19. The summed E-state index contributed by atoms with van der Waals surface area (Å²) in [6.07, 6.45) is 0. The highest BCUT2D eigenvalue weighted by atomic mass is 16.5. The first-order chi connectivity index (χ1) is 12.4. The third kappa shape index (κ3) is 3.80. The molecule has 3 aromatic rings. The molecule has 0 unspecified atom stereocenters. The van der Waals surface area contributed by atoms with Crippen molar-refractivity contribution >= 4 is 11.4 Å². The molecule has 0 radical (unpaired) electrons. The van der Waals surface area contributed by atoms with E-state index in [4.69, 9.17) is 9.26 Å². The Morgan fingerprint density at radius 2 is 1.72 bits per heavy atom. The van der Waals surface area contributed by atoms with Crippen molar-refractivity contribution in [2.75, 3.05) is 36.5 Å². The number of aromatic nitrogens is 2. The molecule has 2 aromatic carbocycles. The van der Waals surface area contributed by atoms with Crippen molar-refractivity contribution in [3.63, 3.8) is 0 Å². The van der Waals surface area contributed by atoms with Crippen LogP contribution in [0.25, 0.3) is 11.4 Å². The van der Waals surface area contributed by atoms with Crippen molar-refractivity contribution in [1.29, 1.82) is 0 Å². The van der Waals surface area contributed by atoms with Crippen molar-refractivity contribution < 1.29 is 9.26 Å². The summed E-state index contributed by atoms with van der Waals surface area (Å²) in [7, 11) is 0. The average Bonchev–Trinajstić information content (AvgIpc) is 3.17. The number of hydrogen-bond donors (Lipinski definition) is 1. The van der Waals surface area contributed by atoms with Crippen LogP contribution in [0.15, 0.2) is 59.1 Å². The molecule has 4 rings (SSSR count). The van der Waals surface area contributed by atoms with Crippen LogP contribution in [0.1, 0.15) is 5.89 Å². The summed E-state index contributed by atoms with van der Waals surface area (Å²) in [5.41, 5.74) is 3.17. The van der Waals surface area contributed by atoms with Crippen LogP contribution in [0.4, 0.5) is 11.4 Å². The largest absolute Gasteiger partial charge is 0.378 e. The summed E-state index contributed by atoms with van der Waals surface area (Å²) in [6.45, 7) is 3.92. The number of nitrogens with one attached hydrogen (secondary N) is 1. The van der Waals surface area contributed by atoms with Gasteiger partial charge < -0.3 is 19.5 Å². The van der Waals surface area contributed by atoms with Crippen LogP contribution in [-0.4, -0.2) is 36.4 Å². The van der Waals surface area contributed by atoms with E-state index >= 15 is 0 Å². The topological polar surface area (TPSA) is 63.4 Å². The van der Waals surface area contributed by atoms with Crippen LogP contribution in [-0.2, 0) is 11.3 Å². The maximum Gasteiger partial charge on any atom is 0.246 e. The zero-order chi connectivity index (χ0) is 16.9. The van der Waals surface area contributed by atoms with E-state index in [1.54, 1.807) is 0 Å². The fourth-order valence-electron chi connectivity index (χ4n) is 2.82. The van der Waals surface area contributed by atoms with Crippen LogP contribution >= 0.6 is 0 Å². The molecule has 6 nitrogen and oxygen atoms in total. The Balaban J connectivity index is 1.41. The number of benzene rings is 2. The molecule has 0 spiro atoms. The smallest absolute Gasteiger partial charge is 0.246 e. The highest BCUT2D eigenvalue weighted by Crippen LogP contribution is 2.22.